The fourth-order valence-corrected chi connectivity index (χ4v) is 2.28. The van der Waals surface area contributed by atoms with Crippen molar-refractivity contribution in [2.75, 3.05) is 6.61 Å². The second-order valence-corrected chi connectivity index (χ2v) is 5.43. The van der Waals surface area contributed by atoms with Crippen molar-refractivity contribution in [1.29, 1.82) is 0 Å². The Balaban J connectivity index is 2.08. The molecule has 2 N–H and O–H groups in total. The number of nitrogens with one attached hydrogen (secondary N) is 1. The summed E-state index contributed by atoms with van der Waals surface area (Å²) in [4.78, 5) is 0. The lowest BCUT2D eigenvalue weighted by Crippen LogP contribution is -2.40. The van der Waals surface area contributed by atoms with Gasteiger partial charge in [0.2, 0.25) is 0 Å². The molecule has 1 aliphatic rings. The standard InChI is InChI=1S/C15H23NO/c1-11(2)14(10-17)16-15(13-8-9-13)12-6-4-3-5-7-12/h3-7,11,13-17H,8-10H2,1-2H3. The van der Waals surface area contributed by atoms with E-state index in [9.17, 15) is 5.11 Å². The highest BCUT2D eigenvalue weighted by molar-refractivity contribution is 5.21. The van der Waals surface area contributed by atoms with Crippen LogP contribution in [0.5, 0.6) is 0 Å². The van der Waals surface area contributed by atoms with Crippen molar-refractivity contribution in [2.24, 2.45) is 11.8 Å². The van der Waals surface area contributed by atoms with Gasteiger partial charge in [-0.3, -0.25) is 0 Å². The molecule has 2 heteroatoms. The molecule has 0 saturated heterocycles. The van der Waals surface area contributed by atoms with Gasteiger partial charge in [-0.2, -0.15) is 0 Å². The molecule has 0 aromatic heterocycles. The van der Waals surface area contributed by atoms with Gasteiger partial charge in [-0.05, 0) is 30.2 Å². The third-order valence-corrected chi connectivity index (χ3v) is 3.65. The smallest absolute Gasteiger partial charge is 0.0587 e. The maximum atomic E-state index is 9.43. The number of hydrogen-bond donors (Lipinski definition) is 2. The Morgan fingerprint density at radius 3 is 2.35 bits per heavy atom. The molecule has 2 nitrogen and oxygen atoms in total. The van der Waals surface area contributed by atoms with E-state index < -0.39 is 0 Å². The minimum Gasteiger partial charge on any atom is -0.395 e. The van der Waals surface area contributed by atoms with Crippen LogP contribution in [-0.2, 0) is 0 Å². The van der Waals surface area contributed by atoms with Gasteiger partial charge in [-0.15, -0.1) is 0 Å². The van der Waals surface area contributed by atoms with Crippen LogP contribution >= 0.6 is 0 Å². The molecule has 0 amide bonds. The summed E-state index contributed by atoms with van der Waals surface area (Å²) in [6, 6.07) is 11.2. The molecule has 0 aliphatic heterocycles. The van der Waals surface area contributed by atoms with Crippen molar-refractivity contribution >= 4 is 0 Å². The Hall–Kier alpha value is -0.860. The summed E-state index contributed by atoms with van der Waals surface area (Å²) >= 11 is 0. The van der Waals surface area contributed by atoms with Crippen molar-refractivity contribution < 1.29 is 5.11 Å². The first-order valence-electron chi connectivity index (χ1n) is 6.64. The van der Waals surface area contributed by atoms with Crippen LogP contribution in [0.2, 0.25) is 0 Å². The van der Waals surface area contributed by atoms with Gasteiger partial charge >= 0.3 is 0 Å². The van der Waals surface area contributed by atoms with Crippen molar-refractivity contribution in [3.8, 4) is 0 Å². The second kappa shape index (κ2) is 5.65. The topological polar surface area (TPSA) is 32.3 Å². The Morgan fingerprint density at radius 1 is 1.24 bits per heavy atom. The van der Waals surface area contributed by atoms with Gasteiger partial charge in [0.15, 0.2) is 0 Å². The van der Waals surface area contributed by atoms with E-state index in [0.717, 1.165) is 5.92 Å². The van der Waals surface area contributed by atoms with Crippen molar-refractivity contribution in [3.63, 3.8) is 0 Å². The van der Waals surface area contributed by atoms with Gasteiger partial charge in [0.05, 0.1) is 6.61 Å². The van der Waals surface area contributed by atoms with Crippen LogP contribution in [-0.4, -0.2) is 17.8 Å². The van der Waals surface area contributed by atoms with E-state index in [4.69, 9.17) is 0 Å². The second-order valence-electron chi connectivity index (χ2n) is 5.43. The normalized spacial score (nSPS) is 19.3. The lowest BCUT2D eigenvalue weighted by molar-refractivity contribution is 0.194. The Morgan fingerprint density at radius 2 is 1.88 bits per heavy atom. The fraction of sp³-hybridized carbons (Fsp3) is 0.600. The Bertz CT molecular complexity index is 332. The molecule has 2 unspecified atom stereocenters. The molecule has 1 aromatic carbocycles. The summed E-state index contributed by atoms with van der Waals surface area (Å²) in [6.07, 6.45) is 2.62. The quantitative estimate of drug-likeness (QED) is 0.792. The van der Waals surface area contributed by atoms with Gasteiger partial charge in [-0.25, -0.2) is 0 Å². The number of hydrogen-bond acceptors (Lipinski definition) is 2. The van der Waals surface area contributed by atoms with Crippen LogP contribution in [0.3, 0.4) is 0 Å². The summed E-state index contributed by atoms with van der Waals surface area (Å²) in [5.41, 5.74) is 1.36. The van der Waals surface area contributed by atoms with Gasteiger partial charge in [0.1, 0.15) is 0 Å². The first kappa shape index (κ1) is 12.6. The summed E-state index contributed by atoms with van der Waals surface area (Å²) in [7, 11) is 0. The highest BCUT2D eigenvalue weighted by atomic mass is 16.3. The monoisotopic (exact) mass is 233 g/mol. The molecule has 1 saturated carbocycles. The fourth-order valence-electron chi connectivity index (χ4n) is 2.28. The minimum absolute atomic E-state index is 0.195. The average molecular weight is 233 g/mol. The van der Waals surface area contributed by atoms with E-state index >= 15 is 0 Å². The van der Waals surface area contributed by atoms with Crippen LogP contribution in [0.1, 0.15) is 38.3 Å². The number of aliphatic hydroxyl groups excluding tert-OH is 1. The lowest BCUT2D eigenvalue weighted by Gasteiger charge is -2.27. The lowest BCUT2D eigenvalue weighted by atomic mass is 9.98. The van der Waals surface area contributed by atoms with Gasteiger partial charge in [0.25, 0.3) is 0 Å². The molecule has 2 rings (SSSR count). The van der Waals surface area contributed by atoms with E-state index in [1.54, 1.807) is 0 Å². The van der Waals surface area contributed by atoms with Crippen LogP contribution < -0.4 is 5.32 Å². The van der Waals surface area contributed by atoms with E-state index in [1.807, 2.05) is 0 Å². The Kier molecular flexibility index (Phi) is 4.19. The maximum Gasteiger partial charge on any atom is 0.0587 e. The molecule has 0 bridgehead atoms. The summed E-state index contributed by atoms with van der Waals surface area (Å²) < 4.78 is 0. The molecule has 1 fully saturated rings. The third-order valence-electron chi connectivity index (χ3n) is 3.65. The molecule has 2 atom stereocenters. The predicted molar refractivity (Wildman–Crippen MR) is 70.8 cm³/mol. The summed E-state index contributed by atoms with van der Waals surface area (Å²) in [5, 5.41) is 13.1. The van der Waals surface area contributed by atoms with Crippen molar-refractivity contribution in [2.45, 2.75) is 38.8 Å². The number of aliphatic hydroxyl groups is 1. The van der Waals surface area contributed by atoms with Crippen molar-refractivity contribution in [1.82, 2.24) is 5.32 Å². The van der Waals surface area contributed by atoms with Crippen LogP contribution in [0.4, 0.5) is 0 Å². The van der Waals surface area contributed by atoms with E-state index in [-0.39, 0.29) is 12.6 Å². The van der Waals surface area contributed by atoms with Crippen molar-refractivity contribution in [3.05, 3.63) is 35.9 Å². The largest absolute Gasteiger partial charge is 0.395 e. The zero-order valence-electron chi connectivity index (χ0n) is 10.8. The molecule has 94 valence electrons. The molecular weight excluding hydrogens is 210 g/mol. The van der Waals surface area contributed by atoms with E-state index in [1.165, 1.54) is 18.4 Å². The minimum atomic E-state index is 0.195. The molecule has 1 aromatic rings. The molecule has 17 heavy (non-hydrogen) atoms. The predicted octanol–water partition coefficient (Wildman–Crippen LogP) is 2.74. The van der Waals surface area contributed by atoms with E-state index in [2.05, 4.69) is 49.5 Å². The zero-order valence-corrected chi connectivity index (χ0v) is 10.8. The highest BCUT2D eigenvalue weighted by Crippen LogP contribution is 2.41. The Labute approximate surface area is 104 Å². The first-order valence-corrected chi connectivity index (χ1v) is 6.64. The number of rotatable bonds is 6. The first-order chi connectivity index (χ1) is 8.22. The van der Waals surface area contributed by atoms with Gasteiger partial charge in [0, 0.05) is 12.1 Å². The molecule has 0 radical (unpaired) electrons. The van der Waals surface area contributed by atoms with Crippen LogP contribution in [0, 0.1) is 11.8 Å². The molecule has 0 heterocycles. The average Bonchev–Trinajstić information content (AvgIpc) is 3.15. The van der Waals surface area contributed by atoms with Crippen LogP contribution in [0.25, 0.3) is 0 Å². The molecular formula is C15H23NO. The zero-order chi connectivity index (χ0) is 12.3. The van der Waals surface area contributed by atoms with Gasteiger partial charge in [-0.1, -0.05) is 44.2 Å². The summed E-state index contributed by atoms with van der Waals surface area (Å²) in [6.45, 7) is 4.53. The highest BCUT2D eigenvalue weighted by Gasteiger charge is 2.33. The summed E-state index contributed by atoms with van der Waals surface area (Å²) in [5.74, 6) is 1.22. The van der Waals surface area contributed by atoms with Crippen LogP contribution in [0.15, 0.2) is 30.3 Å². The third kappa shape index (κ3) is 3.30. The van der Waals surface area contributed by atoms with E-state index in [0.29, 0.717) is 12.0 Å². The maximum absolute atomic E-state index is 9.43. The number of benzene rings is 1. The molecule has 0 spiro atoms. The SMILES string of the molecule is CC(C)C(CO)NC(c1ccccc1)C1CC1. The molecule has 1 aliphatic carbocycles. The van der Waals surface area contributed by atoms with Gasteiger partial charge < -0.3 is 10.4 Å².